The normalized spacial score (nSPS) is 18.7. The molecule has 1 aliphatic carbocycles. The van der Waals surface area contributed by atoms with E-state index < -0.39 is 0 Å². The molecule has 174 valence electrons. The SMILES string of the molecule is CC(=O)CC(CCCC1CCCCC1)c1nc(-c2ccc(N3CC(N(C)C)C3)nc2)no1. The monoisotopic (exact) mass is 439 g/mol. The molecule has 0 spiro atoms. The standard InChI is InChI=1S/C25H37N5O2/c1-18(31)14-20(11-7-10-19-8-5-4-6-9-19)25-27-24(28-32-25)21-12-13-23(26-15-21)30-16-22(17-30)29(2)3/h12-13,15,19-20,22H,4-11,14,16-17H2,1-3H3. The zero-order valence-electron chi connectivity index (χ0n) is 19.8. The second kappa shape index (κ2) is 10.6. The molecule has 7 heteroatoms. The number of pyridine rings is 1. The van der Waals surface area contributed by atoms with E-state index in [1.54, 1.807) is 6.92 Å². The van der Waals surface area contributed by atoms with Gasteiger partial charge in [0.05, 0.1) is 0 Å². The van der Waals surface area contributed by atoms with Crippen LogP contribution in [0.25, 0.3) is 11.4 Å². The average Bonchev–Trinajstić information content (AvgIpc) is 3.23. The predicted molar refractivity (Wildman–Crippen MR) is 126 cm³/mol. The molecule has 2 fully saturated rings. The Hall–Kier alpha value is -2.28. The molecule has 2 aromatic heterocycles. The first-order valence-electron chi connectivity index (χ1n) is 12.2. The number of rotatable bonds is 10. The minimum Gasteiger partial charge on any atom is -0.353 e. The van der Waals surface area contributed by atoms with Gasteiger partial charge < -0.3 is 19.1 Å². The summed E-state index contributed by atoms with van der Waals surface area (Å²) in [7, 11) is 4.23. The maximum Gasteiger partial charge on any atom is 0.230 e. The van der Waals surface area contributed by atoms with E-state index in [2.05, 4.69) is 39.0 Å². The molecule has 0 radical (unpaired) electrons. The fourth-order valence-electron chi connectivity index (χ4n) is 4.98. The number of hydrogen-bond donors (Lipinski definition) is 0. The summed E-state index contributed by atoms with van der Waals surface area (Å²) in [5, 5.41) is 4.20. The molecule has 32 heavy (non-hydrogen) atoms. The summed E-state index contributed by atoms with van der Waals surface area (Å²) in [5.41, 5.74) is 0.845. The van der Waals surface area contributed by atoms with Gasteiger partial charge in [-0.1, -0.05) is 50.1 Å². The van der Waals surface area contributed by atoms with Gasteiger partial charge in [-0.3, -0.25) is 0 Å². The Labute approximate surface area is 191 Å². The molecule has 0 amide bonds. The molecule has 0 aromatic carbocycles. The average molecular weight is 440 g/mol. The zero-order valence-corrected chi connectivity index (χ0v) is 19.8. The summed E-state index contributed by atoms with van der Waals surface area (Å²) >= 11 is 0. The second-order valence-corrected chi connectivity index (χ2v) is 9.92. The smallest absolute Gasteiger partial charge is 0.230 e. The number of Topliss-reactive ketones (excluding diaryl/α,β-unsaturated/α-hetero) is 1. The van der Waals surface area contributed by atoms with Gasteiger partial charge >= 0.3 is 0 Å². The molecule has 0 N–H and O–H groups in total. The Morgan fingerprint density at radius 1 is 1.22 bits per heavy atom. The molecule has 1 aliphatic heterocycles. The molecule has 0 bridgehead atoms. The van der Waals surface area contributed by atoms with Crippen molar-refractivity contribution in [3.05, 3.63) is 24.2 Å². The molecular formula is C25H37N5O2. The minimum atomic E-state index is 0.00799. The Morgan fingerprint density at radius 2 is 2.00 bits per heavy atom. The maximum absolute atomic E-state index is 11.9. The Morgan fingerprint density at radius 3 is 2.66 bits per heavy atom. The molecule has 2 aromatic rings. The van der Waals surface area contributed by atoms with Crippen LogP contribution in [0, 0.1) is 5.92 Å². The molecule has 1 saturated heterocycles. The molecule has 1 saturated carbocycles. The molecule has 2 aliphatic rings. The highest BCUT2D eigenvalue weighted by molar-refractivity contribution is 5.76. The van der Waals surface area contributed by atoms with E-state index in [-0.39, 0.29) is 11.7 Å². The first-order chi connectivity index (χ1) is 15.5. The van der Waals surface area contributed by atoms with E-state index in [0.717, 1.165) is 43.2 Å². The van der Waals surface area contributed by atoms with Crippen LogP contribution >= 0.6 is 0 Å². The molecule has 7 nitrogen and oxygen atoms in total. The van der Waals surface area contributed by atoms with Crippen molar-refractivity contribution in [3.63, 3.8) is 0 Å². The second-order valence-electron chi connectivity index (χ2n) is 9.92. The van der Waals surface area contributed by atoms with Gasteiger partial charge in [0, 0.05) is 43.2 Å². The van der Waals surface area contributed by atoms with Crippen molar-refractivity contribution in [3.8, 4) is 11.4 Å². The van der Waals surface area contributed by atoms with Crippen LogP contribution in [-0.4, -0.2) is 59.0 Å². The van der Waals surface area contributed by atoms with Crippen LogP contribution in [0.5, 0.6) is 0 Å². The fraction of sp³-hybridized carbons (Fsp3) is 0.680. The third-order valence-corrected chi connectivity index (χ3v) is 7.14. The van der Waals surface area contributed by atoms with Crippen LogP contribution in [0.15, 0.2) is 22.9 Å². The van der Waals surface area contributed by atoms with Gasteiger partial charge in [-0.15, -0.1) is 0 Å². The molecule has 1 atom stereocenters. The Balaban J connectivity index is 1.36. The number of carbonyl (C=O) groups is 1. The number of aromatic nitrogens is 3. The van der Waals surface area contributed by atoms with Crippen LogP contribution in [0.4, 0.5) is 5.82 Å². The fourth-order valence-corrected chi connectivity index (χ4v) is 4.98. The van der Waals surface area contributed by atoms with Gasteiger partial charge in [-0.05, 0) is 45.5 Å². The highest BCUT2D eigenvalue weighted by Crippen LogP contribution is 2.32. The lowest BCUT2D eigenvalue weighted by molar-refractivity contribution is -0.117. The van der Waals surface area contributed by atoms with Crippen molar-refractivity contribution in [2.75, 3.05) is 32.1 Å². The Kier molecular flexibility index (Phi) is 7.55. The van der Waals surface area contributed by atoms with E-state index in [0.29, 0.717) is 24.2 Å². The summed E-state index contributed by atoms with van der Waals surface area (Å²) in [6.45, 7) is 3.64. The van der Waals surface area contributed by atoms with Gasteiger partial charge in [0.1, 0.15) is 11.6 Å². The van der Waals surface area contributed by atoms with Gasteiger partial charge in [0.15, 0.2) is 0 Å². The van der Waals surface area contributed by atoms with Gasteiger partial charge in [0.2, 0.25) is 11.7 Å². The highest BCUT2D eigenvalue weighted by atomic mass is 16.5. The van der Waals surface area contributed by atoms with Crippen LogP contribution in [0.3, 0.4) is 0 Å². The van der Waals surface area contributed by atoms with Crippen molar-refractivity contribution in [1.82, 2.24) is 20.0 Å². The van der Waals surface area contributed by atoms with E-state index >= 15 is 0 Å². The molecule has 1 unspecified atom stereocenters. The van der Waals surface area contributed by atoms with E-state index in [4.69, 9.17) is 4.52 Å². The van der Waals surface area contributed by atoms with Crippen LogP contribution in [0.2, 0.25) is 0 Å². The van der Waals surface area contributed by atoms with Crippen molar-refractivity contribution >= 4 is 11.6 Å². The number of anilines is 1. The van der Waals surface area contributed by atoms with Crippen LogP contribution in [0.1, 0.15) is 76.5 Å². The van der Waals surface area contributed by atoms with Gasteiger partial charge in [-0.2, -0.15) is 4.98 Å². The topological polar surface area (TPSA) is 75.4 Å². The van der Waals surface area contributed by atoms with Crippen molar-refractivity contribution in [2.45, 2.75) is 76.7 Å². The van der Waals surface area contributed by atoms with Crippen molar-refractivity contribution < 1.29 is 9.32 Å². The number of ketones is 1. The van der Waals surface area contributed by atoms with E-state index in [9.17, 15) is 4.79 Å². The molecular weight excluding hydrogens is 402 g/mol. The van der Waals surface area contributed by atoms with Gasteiger partial charge in [-0.25, -0.2) is 4.98 Å². The number of carbonyl (C=O) groups excluding carboxylic acids is 1. The van der Waals surface area contributed by atoms with Gasteiger partial charge in [0.25, 0.3) is 0 Å². The predicted octanol–water partition coefficient (Wildman–Crippen LogP) is 4.70. The lowest BCUT2D eigenvalue weighted by Crippen LogP contribution is -2.57. The van der Waals surface area contributed by atoms with Crippen LogP contribution in [-0.2, 0) is 4.79 Å². The lowest BCUT2D eigenvalue weighted by atomic mass is 9.84. The minimum absolute atomic E-state index is 0.00799. The van der Waals surface area contributed by atoms with Crippen molar-refractivity contribution in [2.24, 2.45) is 5.92 Å². The summed E-state index contributed by atoms with van der Waals surface area (Å²) in [6, 6.07) is 4.62. The maximum atomic E-state index is 11.9. The van der Waals surface area contributed by atoms with E-state index in [1.165, 1.54) is 38.5 Å². The number of likely N-dealkylation sites (N-methyl/N-ethyl adjacent to an activating group) is 1. The third-order valence-electron chi connectivity index (χ3n) is 7.14. The highest BCUT2D eigenvalue weighted by Gasteiger charge is 2.29. The Bertz CT molecular complexity index is 867. The van der Waals surface area contributed by atoms with E-state index in [1.807, 2.05) is 18.3 Å². The van der Waals surface area contributed by atoms with Crippen molar-refractivity contribution in [1.29, 1.82) is 0 Å². The first kappa shape index (κ1) is 22.9. The third kappa shape index (κ3) is 5.74. The summed E-state index contributed by atoms with van der Waals surface area (Å²) in [5.74, 6) is 3.14. The number of hydrogen-bond acceptors (Lipinski definition) is 7. The number of nitrogens with zero attached hydrogens (tertiary/aromatic N) is 5. The lowest BCUT2D eigenvalue weighted by Gasteiger charge is -2.43. The largest absolute Gasteiger partial charge is 0.353 e. The quantitative estimate of drug-likeness (QED) is 0.531. The van der Waals surface area contributed by atoms with Crippen LogP contribution < -0.4 is 4.90 Å². The molecule has 3 heterocycles. The summed E-state index contributed by atoms with van der Waals surface area (Å²) < 4.78 is 5.62. The molecule has 4 rings (SSSR count). The first-order valence-corrected chi connectivity index (χ1v) is 12.2. The summed E-state index contributed by atoms with van der Waals surface area (Å²) in [6.07, 6.45) is 12.4. The summed E-state index contributed by atoms with van der Waals surface area (Å²) in [4.78, 5) is 25.6. The zero-order chi connectivity index (χ0) is 22.5.